The molecule has 0 heterocycles. The molecule has 64 valence electrons. The van der Waals surface area contributed by atoms with Gasteiger partial charge in [-0.3, -0.25) is 4.79 Å². The molecule has 3 N–H and O–H groups in total. The minimum atomic E-state index is -3.89. The Balaban J connectivity index is 3.04. The topological polar surface area (TPSA) is 63.3 Å². The summed E-state index contributed by atoms with van der Waals surface area (Å²) in [5.41, 5.74) is 5.10. The third-order valence-corrected chi connectivity index (χ3v) is 1.60. The molecule has 0 saturated heterocycles. The fraction of sp³-hybridized carbons (Fsp3) is 0.833. The summed E-state index contributed by atoms with van der Waals surface area (Å²) in [6.07, 6.45) is -3.47. The van der Waals surface area contributed by atoms with Gasteiger partial charge in [-0.2, -0.15) is 0 Å². The Bertz CT molecular complexity index is 247. The molecule has 0 aliphatic heterocycles. The monoisotopic (exact) mass is 167 g/mol. The summed E-state index contributed by atoms with van der Waals surface area (Å²) in [6.45, 7) is 0. The summed E-state index contributed by atoms with van der Waals surface area (Å²) < 4.78 is 40.0. The Morgan fingerprint density at radius 1 is 1.82 bits per heavy atom. The van der Waals surface area contributed by atoms with Crippen molar-refractivity contribution in [3.8, 4) is 0 Å². The zero-order valence-electron chi connectivity index (χ0n) is 7.55. The number of carboxylic acid groups (broad SMARTS) is 1. The van der Waals surface area contributed by atoms with E-state index in [0.29, 0.717) is 0 Å². The van der Waals surface area contributed by atoms with Gasteiger partial charge in [0.25, 0.3) is 5.92 Å². The van der Waals surface area contributed by atoms with Gasteiger partial charge in [0.15, 0.2) is 0 Å². The first-order valence-electron chi connectivity index (χ1n) is 4.07. The largest absolute Gasteiger partial charge is 0.481 e. The minimum absolute atomic E-state index is 0.532. The molecule has 5 heteroatoms. The molecule has 1 aliphatic carbocycles. The van der Waals surface area contributed by atoms with Crippen LogP contribution in [-0.4, -0.2) is 23.0 Å². The molecule has 1 fully saturated rings. The van der Waals surface area contributed by atoms with Crippen LogP contribution in [0.15, 0.2) is 0 Å². The molecule has 2 atom stereocenters. The molecule has 11 heavy (non-hydrogen) atoms. The van der Waals surface area contributed by atoms with Gasteiger partial charge in [0.05, 0.1) is 0 Å². The van der Waals surface area contributed by atoms with Crippen LogP contribution in [0.1, 0.15) is 15.5 Å². The quantitative estimate of drug-likeness (QED) is 0.595. The Morgan fingerprint density at radius 3 is 2.55 bits per heavy atom. The molecule has 0 aromatic carbocycles. The standard InChI is InChI=1S/C6H9F2NO2/c7-6(8)2-3(9)1-4(6)5(10)11/h3-4H,1-2,9H2,(H,10,11)/t3-,4-/m0/s1/i2D2. The Morgan fingerprint density at radius 2 is 2.36 bits per heavy atom. The lowest BCUT2D eigenvalue weighted by molar-refractivity contribution is -0.153. The van der Waals surface area contributed by atoms with Gasteiger partial charge < -0.3 is 10.8 Å². The van der Waals surface area contributed by atoms with Gasteiger partial charge in [-0.1, -0.05) is 0 Å². The van der Waals surface area contributed by atoms with Crippen LogP contribution in [-0.2, 0) is 4.79 Å². The first kappa shape index (κ1) is 5.88. The molecular weight excluding hydrogens is 156 g/mol. The van der Waals surface area contributed by atoms with Crippen molar-refractivity contribution in [1.82, 2.24) is 0 Å². The third-order valence-electron chi connectivity index (χ3n) is 1.60. The molecule has 0 bridgehead atoms. The molecule has 1 rings (SSSR count). The first-order valence-corrected chi connectivity index (χ1v) is 3.07. The van der Waals surface area contributed by atoms with Crippen LogP contribution in [0.2, 0.25) is 0 Å². The van der Waals surface area contributed by atoms with Crippen molar-refractivity contribution < 1.29 is 21.4 Å². The maximum Gasteiger partial charge on any atom is 0.312 e. The highest BCUT2D eigenvalue weighted by Crippen LogP contribution is 2.39. The van der Waals surface area contributed by atoms with E-state index in [1.807, 2.05) is 0 Å². The van der Waals surface area contributed by atoms with E-state index in [1.165, 1.54) is 0 Å². The zero-order chi connectivity index (χ0) is 10.4. The fourth-order valence-electron chi connectivity index (χ4n) is 1.06. The second kappa shape index (κ2) is 2.41. The molecule has 0 amide bonds. The van der Waals surface area contributed by atoms with Crippen LogP contribution in [0.5, 0.6) is 0 Å². The number of hydrogen-bond donors (Lipinski definition) is 2. The summed E-state index contributed by atoms with van der Waals surface area (Å²) in [4.78, 5) is 10.3. The number of carbonyl (C=O) groups is 1. The maximum absolute atomic E-state index is 13.1. The number of hydrogen-bond acceptors (Lipinski definition) is 2. The summed E-state index contributed by atoms with van der Waals surface area (Å²) in [6, 6.07) is -1.43. The van der Waals surface area contributed by atoms with Crippen molar-refractivity contribution >= 4 is 5.97 Å². The Labute approximate surface area is 65.0 Å². The van der Waals surface area contributed by atoms with Crippen molar-refractivity contribution in [2.75, 3.05) is 0 Å². The van der Waals surface area contributed by atoms with Crippen molar-refractivity contribution in [3.63, 3.8) is 0 Å². The number of nitrogens with two attached hydrogens (primary N) is 1. The highest BCUT2D eigenvalue weighted by molar-refractivity contribution is 5.71. The van der Waals surface area contributed by atoms with E-state index in [1.54, 1.807) is 0 Å². The van der Waals surface area contributed by atoms with Gasteiger partial charge in [0, 0.05) is 15.2 Å². The second-order valence-corrected chi connectivity index (χ2v) is 2.50. The van der Waals surface area contributed by atoms with E-state index in [4.69, 9.17) is 13.6 Å². The molecular formula is C6H9F2NO2. The molecule has 1 saturated carbocycles. The van der Waals surface area contributed by atoms with Crippen LogP contribution < -0.4 is 5.73 Å². The Kier molecular flexibility index (Phi) is 1.29. The lowest BCUT2D eigenvalue weighted by Crippen LogP contribution is -2.28. The van der Waals surface area contributed by atoms with E-state index >= 15 is 0 Å². The zero-order valence-corrected chi connectivity index (χ0v) is 5.55. The van der Waals surface area contributed by atoms with Crippen molar-refractivity contribution in [1.29, 1.82) is 0 Å². The molecule has 0 aromatic rings. The minimum Gasteiger partial charge on any atom is -0.481 e. The summed E-state index contributed by atoms with van der Waals surface area (Å²) >= 11 is 0. The van der Waals surface area contributed by atoms with Crippen LogP contribution in [0, 0.1) is 5.92 Å². The van der Waals surface area contributed by atoms with Gasteiger partial charge in [0.1, 0.15) is 5.92 Å². The van der Waals surface area contributed by atoms with E-state index < -0.39 is 36.6 Å². The first-order chi connectivity index (χ1) is 5.71. The summed E-state index contributed by atoms with van der Waals surface area (Å²) in [5, 5.41) is 8.40. The summed E-state index contributed by atoms with van der Waals surface area (Å²) in [7, 11) is 0. The van der Waals surface area contributed by atoms with Crippen molar-refractivity contribution in [2.45, 2.75) is 24.8 Å². The van der Waals surface area contributed by atoms with Crippen LogP contribution in [0.4, 0.5) is 8.78 Å². The van der Waals surface area contributed by atoms with E-state index in [0.717, 1.165) is 0 Å². The number of carboxylic acids is 1. The molecule has 0 aromatic heterocycles. The Hall–Kier alpha value is -0.710. The molecule has 0 spiro atoms. The lowest BCUT2D eigenvalue weighted by Gasteiger charge is -2.13. The van der Waals surface area contributed by atoms with Crippen LogP contribution >= 0.6 is 0 Å². The van der Waals surface area contributed by atoms with Crippen LogP contribution in [0.25, 0.3) is 0 Å². The molecule has 3 nitrogen and oxygen atoms in total. The average molecular weight is 167 g/mol. The maximum atomic E-state index is 13.1. The number of alkyl halides is 2. The number of halogens is 2. The lowest BCUT2D eigenvalue weighted by atomic mass is 10.1. The van der Waals surface area contributed by atoms with Gasteiger partial charge in [-0.15, -0.1) is 0 Å². The van der Waals surface area contributed by atoms with E-state index in [2.05, 4.69) is 0 Å². The molecule has 0 radical (unpaired) electrons. The number of aliphatic carboxylic acids is 1. The SMILES string of the molecule is [2H]C1([2H])[C@@H](N)C[C@@H](C(=O)O)C1(F)F. The molecule has 1 aliphatic rings. The van der Waals surface area contributed by atoms with Gasteiger partial charge in [-0.25, -0.2) is 8.78 Å². The van der Waals surface area contributed by atoms with Gasteiger partial charge in [0.2, 0.25) is 0 Å². The summed E-state index contributed by atoms with van der Waals surface area (Å²) in [5.74, 6) is -7.61. The average Bonchev–Trinajstić information content (AvgIpc) is 2.10. The van der Waals surface area contributed by atoms with Gasteiger partial charge >= 0.3 is 5.97 Å². The van der Waals surface area contributed by atoms with E-state index in [-0.39, 0.29) is 0 Å². The highest BCUT2D eigenvalue weighted by atomic mass is 19.3. The normalized spacial score (nSPS) is 42.8. The number of rotatable bonds is 1. The van der Waals surface area contributed by atoms with Crippen molar-refractivity contribution in [3.05, 3.63) is 0 Å². The fourth-order valence-corrected chi connectivity index (χ4v) is 1.06. The predicted octanol–water partition coefficient (Wildman–Crippen LogP) is 0.444. The van der Waals surface area contributed by atoms with Crippen LogP contribution in [0.3, 0.4) is 0 Å². The van der Waals surface area contributed by atoms with Gasteiger partial charge in [-0.05, 0) is 6.42 Å². The third kappa shape index (κ3) is 1.48. The predicted molar refractivity (Wildman–Crippen MR) is 33.3 cm³/mol. The smallest absolute Gasteiger partial charge is 0.312 e. The van der Waals surface area contributed by atoms with E-state index in [9.17, 15) is 13.6 Å². The molecule has 0 unspecified atom stereocenters. The van der Waals surface area contributed by atoms with Crippen molar-refractivity contribution in [2.24, 2.45) is 11.7 Å². The second-order valence-electron chi connectivity index (χ2n) is 2.50. The highest BCUT2D eigenvalue weighted by Gasteiger charge is 2.51.